The number of likely N-dealkylation sites (tertiary alicyclic amines) is 1. The summed E-state index contributed by atoms with van der Waals surface area (Å²) in [6.45, 7) is 2.91. The second-order valence-electron chi connectivity index (χ2n) is 9.02. The molecule has 2 fully saturated rings. The van der Waals surface area contributed by atoms with Crippen molar-refractivity contribution in [2.24, 2.45) is 10.4 Å². The third-order valence-corrected chi connectivity index (χ3v) is 6.91. The van der Waals surface area contributed by atoms with Gasteiger partial charge in [-0.2, -0.15) is 10.4 Å². The van der Waals surface area contributed by atoms with E-state index in [0.717, 1.165) is 32.0 Å². The van der Waals surface area contributed by atoms with Crippen LogP contribution in [0.2, 0.25) is 0 Å². The number of hydrogen-bond acceptors (Lipinski definition) is 4. The van der Waals surface area contributed by atoms with Crippen LogP contribution in [0.4, 0.5) is 10.2 Å². The Morgan fingerprint density at radius 3 is 2.69 bits per heavy atom. The Bertz CT molecular complexity index is 997. The lowest BCUT2D eigenvalue weighted by Gasteiger charge is -2.33. The zero-order valence-corrected chi connectivity index (χ0v) is 18.8. The van der Waals surface area contributed by atoms with Crippen LogP contribution in [-0.4, -0.2) is 47.3 Å². The Hall–Kier alpha value is -3.08. The maximum absolute atomic E-state index is 13.2. The van der Waals surface area contributed by atoms with Crippen molar-refractivity contribution in [1.82, 2.24) is 20.0 Å². The fourth-order valence-electron chi connectivity index (χ4n) is 5.17. The molecule has 1 aromatic heterocycles. The number of hydrogen-bond donors (Lipinski definition) is 2. The normalized spacial score (nSPS) is 18.2. The summed E-state index contributed by atoms with van der Waals surface area (Å²) in [5, 5.41) is 17.6. The van der Waals surface area contributed by atoms with Crippen LogP contribution < -0.4 is 11.1 Å². The zero-order chi connectivity index (χ0) is 22.6. The second-order valence-corrected chi connectivity index (χ2v) is 9.02. The van der Waals surface area contributed by atoms with Crippen molar-refractivity contribution >= 4 is 11.8 Å². The van der Waals surface area contributed by atoms with Gasteiger partial charge >= 0.3 is 0 Å². The molecule has 4 rings (SSSR count). The van der Waals surface area contributed by atoms with Crippen molar-refractivity contribution in [2.45, 2.75) is 51.4 Å². The van der Waals surface area contributed by atoms with E-state index in [1.807, 2.05) is 7.05 Å². The van der Waals surface area contributed by atoms with E-state index in [4.69, 9.17) is 5.73 Å². The summed E-state index contributed by atoms with van der Waals surface area (Å²) in [5.41, 5.74) is 8.32. The van der Waals surface area contributed by atoms with Gasteiger partial charge in [0, 0.05) is 26.7 Å². The highest BCUT2D eigenvalue weighted by atomic mass is 19.1. The standard InChI is InChI=1S/C24H32FN7/c1-28-23(31-15-13-24(17-31)11-3-2-4-12-24)29-14-5-6-21-20(16-26)22(27)32(30-21)19-9-7-18(25)8-10-19/h7-10H,2-6,11-15,17,27H2,1H3,(H,28,29). The number of aromatic nitrogens is 2. The molecular weight excluding hydrogens is 405 g/mol. The van der Waals surface area contributed by atoms with Gasteiger partial charge in [-0.15, -0.1) is 0 Å². The predicted octanol–water partition coefficient (Wildman–Crippen LogP) is 3.63. The van der Waals surface area contributed by atoms with Crippen LogP contribution >= 0.6 is 0 Å². The van der Waals surface area contributed by atoms with Crippen molar-refractivity contribution in [3.8, 4) is 11.8 Å². The number of aryl methyl sites for hydroxylation is 1. The Morgan fingerprint density at radius 1 is 1.25 bits per heavy atom. The SMILES string of the molecule is CN=C(NCCCc1nn(-c2ccc(F)cc2)c(N)c1C#N)N1CCC2(CCCCC2)C1. The van der Waals surface area contributed by atoms with Crippen LogP contribution in [0.3, 0.4) is 0 Å². The van der Waals surface area contributed by atoms with Crippen LogP contribution in [0, 0.1) is 22.6 Å². The maximum Gasteiger partial charge on any atom is 0.193 e. The van der Waals surface area contributed by atoms with Crippen LogP contribution in [0.5, 0.6) is 0 Å². The fourth-order valence-corrected chi connectivity index (χ4v) is 5.17. The quantitative estimate of drug-likeness (QED) is 0.423. The van der Waals surface area contributed by atoms with Crippen molar-refractivity contribution in [1.29, 1.82) is 5.26 Å². The number of rotatable bonds is 5. The average Bonchev–Trinajstić information content (AvgIpc) is 3.35. The Morgan fingerprint density at radius 2 is 2.00 bits per heavy atom. The molecule has 1 aliphatic carbocycles. The first-order valence-electron chi connectivity index (χ1n) is 11.5. The maximum atomic E-state index is 13.2. The third-order valence-electron chi connectivity index (χ3n) is 6.91. The van der Waals surface area contributed by atoms with E-state index in [2.05, 4.69) is 26.4 Å². The number of guanidine groups is 1. The van der Waals surface area contributed by atoms with Crippen molar-refractivity contribution < 1.29 is 4.39 Å². The first kappa shape index (κ1) is 22.1. The van der Waals surface area contributed by atoms with Crippen LogP contribution in [0.15, 0.2) is 29.3 Å². The number of nitrogens with one attached hydrogen (secondary N) is 1. The number of nitrogen functional groups attached to an aromatic ring is 1. The van der Waals surface area contributed by atoms with E-state index < -0.39 is 0 Å². The molecular formula is C24H32FN7. The van der Waals surface area contributed by atoms with Crippen molar-refractivity contribution in [2.75, 3.05) is 32.4 Å². The first-order chi connectivity index (χ1) is 15.5. The first-order valence-corrected chi connectivity index (χ1v) is 11.5. The molecule has 1 aliphatic heterocycles. The van der Waals surface area contributed by atoms with Gasteiger partial charge in [-0.25, -0.2) is 9.07 Å². The number of nitrogens with two attached hydrogens (primary N) is 1. The molecule has 170 valence electrons. The highest BCUT2D eigenvalue weighted by Crippen LogP contribution is 2.43. The smallest absolute Gasteiger partial charge is 0.193 e. The van der Waals surface area contributed by atoms with Crippen molar-refractivity contribution in [3.05, 3.63) is 41.3 Å². The molecule has 0 atom stereocenters. The van der Waals surface area contributed by atoms with Gasteiger partial charge < -0.3 is 16.0 Å². The zero-order valence-electron chi connectivity index (χ0n) is 18.8. The lowest BCUT2D eigenvalue weighted by atomic mass is 9.73. The Labute approximate surface area is 189 Å². The molecule has 1 saturated heterocycles. The highest BCUT2D eigenvalue weighted by Gasteiger charge is 2.39. The number of anilines is 1. The molecule has 0 amide bonds. The van der Waals surface area contributed by atoms with Crippen LogP contribution in [0.25, 0.3) is 5.69 Å². The van der Waals surface area contributed by atoms with Crippen LogP contribution in [-0.2, 0) is 6.42 Å². The van der Waals surface area contributed by atoms with E-state index in [-0.39, 0.29) is 11.6 Å². The topological polar surface area (TPSA) is 95.3 Å². The number of halogens is 1. The molecule has 0 unspecified atom stereocenters. The van der Waals surface area contributed by atoms with Gasteiger partial charge in [-0.1, -0.05) is 19.3 Å². The number of nitriles is 1. The fraction of sp³-hybridized carbons (Fsp3) is 0.542. The van der Waals surface area contributed by atoms with Gasteiger partial charge in [0.05, 0.1) is 11.4 Å². The van der Waals surface area contributed by atoms with Gasteiger partial charge in [0.25, 0.3) is 0 Å². The molecule has 7 nitrogen and oxygen atoms in total. The van der Waals surface area contributed by atoms with Gasteiger partial charge in [-0.05, 0) is 61.8 Å². The van der Waals surface area contributed by atoms with E-state index in [1.165, 1.54) is 55.3 Å². The summed E-state index contributed by atoms with van der Waals surface area (Å²) >= 11 is 0. The summed E-state index contributed by atoms with van der Waals surface area (Å²) in [6.07, 6.45) is 9.46. The number of aliphatic imine (C=N–C) groups is 1. The predicted molar refractivity (Wildman–Crippen MR) is 124 cm³/mol. The average molecular weight is 438 g/mol. The Balaban J connectivity index is 1.34. The molecule has 2 aromatic rings. The minimum atomic E-state index is -0.327. The van der Waals surface area contributed by atoms with E-state index in [9.17, 15) is 9.65 Å². The lowest BCUT2D eigenvalue weighted by Crippen LogP contribution is -2.42. The minimum absolute atomic E-state index is 0.285. The monoisotopic (exact) mass is 437 g/mol. The summed E-state index contributed by atoms with van der Waals surface area (Å²) in [7, 11) is 1.84. The summed E-state index contributed by atoms with van der Waals surface area (Å²) in [6, 6.07) is 8.08. The highest BCUT2D eigenvalue weighted by molar-refractivity contribution is 5.80. The molecule has 1 aromatic carbocycles. The number of benzene rings is 1. The number of nitrogens with zero attached hydrogens (tertiary/aromatic N) is 5. The largest absolute Gasteiger partial charge is 0.382 e. The molecule has 1 spiro atoms. The minimum Gasteiger partial charge on any atom is -0.382 e. The molecule has 2 heterocycles. The van der Waals surface area contributed by atoms with Gasteiger partial charge in [0.1, 0.15) is 23.3 Å². The summed E-state index contributed by atoms with van der Waals surface area (Å²) < 4.78 is 14.7. The Kier molecular flexibility index (Phi) is 6.63. The van der Waals surface area contributed by atoms with E-state index in [0.29, 0.717) is 28.8 Å². The van der Waals surface area contributed by atoms with E-state index >= 15 is 0 Å². The van der Waals surface area contributed by atoms with Gasteiger partial charge in [0.2, 0.25) is 0 Å². The molecule has 1 saturated carbocycles. The van der Waals surface area contributed by atoms with Gasteiger partial charge in [-0.3, -0.25) is 4.99 Å². The van der Waals surface area contributed by atoms with Crippen molar-refractivity contribution in [3.63, 3.8) is 0 Å². The molecule has 32 heavy (non-hydrogen) atoms. The van der Waals surface area contributed by atoms with E-state index in [1.54, 1.807) is 12.1 Å². The second kappa shape index (κ2) is 9.60. The van der Waals surface area contributed by atoms with Gasteiger partial charge in [0.15, 0.2) is 5.96 Å². The lowest BCUT2D eigenvalue weighted by molar-refractivity contribution is 0.203. The van der Waals surface area contributed by atoms with Crippen LogP contribution in [0.1, 0.15) is 56.2 Å². The molecule has 0 bridgehead atoms. The molecule has 3 N–H and O–H groups in total. The summed E-state index contributed by atoms with van der Waals surface area (Å²) in [5.74, 6) is 0.920. The molecule has 8 heteroatoms. The third kappa shape index (κ3) is 4.57. The molecule has 2 aliphatic rings. The molecule has 0 radical (unpaired) electrons. The summed E-state index contributed by atoms with van der Waals surface area (Å²) in [4.78, 5) is 6.90.